The van der Waals surface area contributed by atoms with Crippen LogP contribution in [0, 0.1) is 0 Å². The number of hydrogen-bond acceptors (Lipinski definition) is 5. The highest BCUT2D eigenvalue weighted by molar-refractivity contribution is 7.15. The summed E-state index contributed by atoms with van der Waals surface area (Å²) in [5.41, 5.74) is 0. The predicted molar refractivity (Wildman–Crippen MR) is 62.2 cm³/mol. The summed E-state index contributed by atoms with van der Waals surface area (Å²) >= 11 is 6.96. The van der Waals surface area contributed by atoms with Gasteiger partial charge in [-0.1, -0.05) is 11.3 Å². The van der Waals surface area contributed by atoms with Gasteiger partial charge < -0.3 is 9.47 Å². The van der Waals surface area contributed by atoms with Gasteiger partial charge >= 0.3 is 0 Å². The maximum absolute atomic E-state index is 5.65. The lowest BCUT2D eigenvalue weighted by atomic mass is 10.3. The van der Waals surface area contributed by atoms with Crippen LogP contribution >= 0.6 is 22.9 Å². The molecule has 1 aromatic heterocycles. The molecule has 0 aliphatic rings. The van der Waals surface area contributed by atoms with Gasteiger partial charge in [-0.25, -0.2) is 0 Å². The molecule has 4 nitrogen and oxygen atoms in total. The number of aromatic nitrogens is 2. The molecule has 0 spiro atoms. The molecule has 0 radical (unpaired) electrons. The van der Waals surface area contributed by atoms with Crippen molar-refractivity contribution in [1.82, 2.24) is 10.2 Å². The highest BCUT2D eigenvalue weighted by Crippen LogP contribution is 2.20. The van der Waals surface area contributed by atoms with Crippen LogP contribution in [-0.4, -0.2) is 17.3 Å². The summed E-state index contributed by atoms with van der Waals surface area (Å²) in [7, 11) is 1.62. The minimum atomic E-state index is 0.372. The second kappa shape index (κ2) is 5.14. The van der Waals surface area contributed by atoms with Gasteiger partial charge in [-0.2, -0.15) is 0 Å². The quantitative estimate of drug-likeness (QED) is 0.844. The van der Waals surface area contributed by atoms with Crippen LogP contribution in [0.3, 0.4) is 0 Å². The Morgan fingerprint density at radius 3 is 2.44 bits per heavy atom. The first-order valence-corrected chi connectivity index (χ1v) is 5.72. The average Bonchev–Trinajstić information content (AvgIpc) is 2.73. The van der Waals surface area contributed by atoms with Crippen molar-refractivity contribution in [2.75, 3.05) is 7.11 Å². The number of ether oxygens (including phenoxy) is 2. The molecule has 0 saturated carbocycles. The summed E-state index contributed by atoms with van der Waals surface area (Å²) in [4.78, 5) is 0. The Bertz CT molecular complexity index is 458. The largest absolute Gasteiger partial charge is 0.497 e. The number of halogens is 1. The molecule has 6 heteroatoms. The molecule has 2 aromatic rings. The molecule has 0 aliphatic heterocycles. The Balaban J connectivity index is 1.94. The van der Waals surface area contributed by atoms with Gasteiger partial charge in [0, 0.05) is 0 Å². The van der Waals surface area contributed by atoms with E-state index >= 15 is 0 Å². The fraction of sp³-hybridized carbons (Fsp3) is 0.200. The zero-order valence-electron chi connectivity index (χ0n) is 8.51. The SMILES string of the molecule is COc1ccc(OCc2nnc(Cl)s2)cc1. The number of hydrogen-bond donors (Lipinski definition) is 0. The van der Waals surface area contributed by atoms with Crippen LogP contribution in [-0.2, 0) is 6.61 Å². The van der Waals surface area contributed by atoms with E-state index in [1.807, 2.05) is 24.3 Å². The summed E-state index contributed by atoms with van der Waals surface area (Å²) in [6.07, 6.45) is 0. The van der Waals surface area contributed by atoms with E-state index in [2.05, 4.69) is 10.2 Å². The molecule has 0 amide bonds. The monoisotopic (exact) mass is 256 g/mol. The topological polar surface area (TPSA) is 44.2 Å². The average molecular weight is 257 g/mol. The summed E-state index contributed by atoms with van der Waals surface area (Å²) < 4.78 is 11.0. The molecular formula is C10H9ClN2O2S. The van der Waals surface area contributed by atoms with Gasteiger partial charge in [0.15, 0.2) is 5.01 Å². The van der Waals surface area contributed by atoms with Crippen LogP contribution < -0.4 is 9.47 Å². The fourth-order valence-corrected chi connectivity index (χ4v) is 1.89. The molecule has 0 unspecified atom stereocenters. The minimum absolute atomic E-state index is 0.372. The Labute approximate surface area is 102 Å². The third kappa shape index (κ3) is 2.84. The molecule has 2 rings (SSSR count). The summed E-state index contributed by atoms with van der Waals surface area (Å²) in [5.74, 6) is 1.55. The smallest absolute Gasteiger partial charge is 0.207 e. The van der Waals surface area contributed by atoms with Crippen molar-refractivity contribution in [2.24, 2.45) is 0 Å². The lowest BCUT2D eigenvalue weighted by Gasteiger charge is -2.04. The number of methoxy groups -OCH3 is 1. The number of benzene rings is 1. The van der Waals surface area contributed by atoms with Crippen molar-refractivity contribution in [3.63, 3.8) is 0 Å². The maximum atomic E-state index is 5.65. The van der Waals surface area contributed by atoms with Crippen LogP contribution in [0.25, 0.3) is 0 Å². The van der Waals surface area contributed by atoms with Crippen LogP contribution in [0.15, 0.2) is 24.3 Å². The highest BCUT2D eigenvalue weighted by atomic mass is 35.5. The first-order chi connectivity index (χ1) is 7.78. The van der Waals surface area contributed by atoms with Crippen molar-refractivity contribution < 1.29 is 9.47 Å². The first-order valence-electron chi connectivity index (χ1n) is 4.52. The van der Waals surface area contributed by atoms with Gasteiger partial charge in [-0.3, -0.25) is 0 Å². The van der Waals surface area contributed by atoms with E-state index in [-0.39, 0.29) is 0 Å². The molecule has 0 atom stereocenters. The van der Waals surface area contributed by atoms with E-state index in [4.69, 9.17) is 21.1 Å². The van der Waals surface area contributed by atoms with Gasteiger partial charge in [0.1, 0.15) is 18.1 Å². The molecule has 0 N–H and O–H groups in total. The van der Waals surface area contributed by atoms with Crippen LogP contribution in [0.1, 0.15) is 5.01 Å². The zero-order valence-corrected chi connectivity index (χ0v) is 10.1. The minimum Gasteiger partial charge on any atom is -0.497 e. The number of rotatable bonds is 4. The Kier molecular flexibility index (Phi) is 3.58. The molecule has 1 heterocycles. The van der Waals surface area contributed by atoms with E-state index in [0.29, 0.717) is 11.1 Å². The Hall–Kier alpha value is -1.33. The predicted octanol–water partition coefficient (Wildman–Crippen LogP) is 2.78. The summed E-state index contributed by atoms with van der Waals surface area (Å²) in [6, 6.07) is 7.34. The lowest BCUT2D eigenvalue weighted by Crippen LogP contribution is -1.94. The van der Waals surface area contributed by atoms with Crippen molar-refractivity contribution in [1.29, 1.82) is 0 Å². The zero-order chi connectivity index (χ0) is 11.4. The lowest BCUT2D eigenvalue weighted by molar-refractivity contribution is 0.304. The number of nitrogens with zero attached hydrogens (tertiary/aromatic N) is 2. The van der Waals surface area contributed by atoms with E-state index < -0.39 is 0 Å². The van der Waals surface area contributed by atoms with E-state index in [1.54, 1.807) is 7.11 Å². The van der Waals surface area contributed by atoms with Gasteiger partial charge in [-0.05, 0) is 35.9 Å². The Morgan fingerprint density at radius 1 is 1.19 bits per heavy atom. The molecule has 0 bridgehead atoms. The van der Waals surface area contributed by atoms with Gasteiger partial charge in [0.2, 0.25) is 4.47 Å². The van der Waals surface area contributed by atoms with Crippen molar-refractivity contribution in [3.05, 3.63) is 33.7 Å². The third-order valence-corrected chi connectivity index (χ3v) is 2.86. The molecule has 0 aliphatic carbocycles. The van der Waals surface area contributed by atoms with E-state index in [9.17, 15) is 0 Å². The van der Waals surface area contributed by atoms with Crippen LogP contribution in [0.4, 0.5) is 0 Å². The van der Waals surface area contributed by atoms with Gasteiger partial charge in [0.25, 0.3) is 0 Å². The molecular weight excluding hydrogens is 248 g/mol. The Morgan fingerprint density at radius 2 is 1.88 bits per heavy atom. The van der Waals surface area contributed by atoms with E-state index in [0.717, 1.165) is 16.5 Å². The van der Waals surface area contributed by atoms with Crippen molar-refractivity contribution in [3.8, 4) is 11.5 Å². The third-order valence-electron chi connectivity index (χ3n) is 1.86. The highest BCUT2D eigenvalue weighted by Gasteiger charge is 2.02. The second-order valence-corrected chi connectivity index (χ2v) is 4.56. The van der Waals surface area contributed by atoms with Crippen LogP contribution in [0.5, 0.6) is 11.5 Å². The normalized spacial score (nSPS) is 10.1. The van der Waals surface area contributed by atoms with Crippen molar-refractivity contribution in [2.45, 2.75) is 6.61 Å². The first kappa shape index (κ1) is 11.2. The van der Waals surface area contributed by atoms with Crippen LogP contribution in [0.2, 0.25) is 4.47 Å². The molecule has 84 valence electrons. The standard InChI is InChI=1S/C10H9ClN2O2S/c1-14-7-2-4-8(5-3-7)15-6-9-12-13-10(11)16-9/h2-5H,6H2,1H3. The van der Waals surface area contributed by atoms with E-state index in [1.165, 1.54) is 11.3 Å². The summed E-state index contributed by atoms with van der Waals surface area (Å²) in [6.45, 7) is 0.372. The van der Waals surface area contributed by atoms with Crippen molar-refractivity contribution >= 4 is 22.9 Å². The molecule has 0 saturated heterocycles. The molecule has 16 heavy (non-hydrogen) atoms. The summed E-state index contributed by atoms with van der Waals surface area (Å²) in [5, 5.41) is 8.29. The maximum Gasteiger partial charge on any atom is 0.207 e. The molecule has 1 aromatic carbocycles. The second-order valence-electron chi connectivity index (χ2n) is 2.91. The van der Waals surface area contributed by atoms with Gasteiger partial charge in [-0.15, -0.1) is 10.2 Å². The fourth-order valence-electron chi connectivity index (χ4n) is 1.11. The molecule has 0 fully saturated rings. The van der Waals surface area contributed by atoms with Gasteiger partial charge in [0.05, 0.1) is 7.11 Å².